The minimum absolute atomic E-state index is 0.0228. The van der Waals surface area contributed by atoms with Crippen LogP contribution in [0.3, 0.4) is 0 Å². The first-order chi connectivity index (χ1) is 14.1. The van der Waals surface area contributed by atoms with Gasteiger partial charge in [-0.15, -0.1) is 0 Å². The number of methoxy groups -OCH3 is 1. The molecule has 2 heterocycles. The van der Waals surface area contributed by atoms with Crippen LogP contribution in [0.2, 0.25) is 0 Å². The molecule has 0 spiro atoms. The second-order valence-corrected chi connectivity index (χ2v) is 6.20. The lowest BCUT2D eigenvalue weighted by molar-refractivity contribution is 0.0596. The summed E-state index contributed by atoms with van der Waals surface area (Å²) in [6.07, 6.45) is 0. The summed E-state index contributed by atoms with van der Waals surface area (Å²) < 4.78 is 39.4. The van der Waals surface area contributed by atoms with Crippen molar-refractivity contribution in [3.63, 3.8) is 0 Å². The zero-order valence-electron chi connectivity index (χ0n) is 16.0. The van der Waals surface area contributed by atoms with Crippen LogP contribution in [0, 0.1) is 11.6 Å². The van der Waals surface area contributed by atoms with Crippen molar-refractivity contribution < 1.29 is 23.0 Å². The van der Waals surface area contributed by atoms with Crippen LogP contribution in [0.1, 0.15) is 24.2 Å². The smallest absolute Gasteiger partial charge is 0.340 e. The highest BCUT2D eigenvalue weighted by Crippen LogP contribution is 2.47. The topological polar surface area (TPSA) is 48.4 Å². The molecule has 0 N–H and O–H groups in total. The van der Waals surface area contributed by atoms with Crippen molar-refractivity contribution in [1.82, 2.24) is 4.98 Å². The van der Waals surface area contributed by atoms with Crippen molar-refractivity contribution in [3.05, 3.63) is 65.7 Å². The second-order valence-electron chi connectivity index (χ2n) is 6.20. The van der Waals surface area contributed by atoms with Gasteiger partial charge in [-0.2, -0.15) is 0 Å². The summed E-state index contributed by atoms with van der Waals surface area (Å²) in [4.78, 5) is 16.3. The number of hydrogen-bond donors (Lipinski definition) is 0. The molecule has 0 saturated heterocycles. The van der Waals surface area contributed by atoms with E-state index in [1.54, 1.807) is 18.2 Å². The number of nitrogens with zero attached hydrogens (tertiary/aromatic N) is 1. The number of benzene rings is 3. The van der Waals surface area contributed by atoms with Gasteiger partial charge in [0.1, 0.15) is 22.8 Å². The molecule has 1 aromatic heterocycles. The van der Waals surface area contributed by atoms with Crippen LogP contribution in [0.25, 0.3) is 32.9 Å². The van der Waals surface area contributed by atoms with Crippen molar-refractivity contribution in [2.24, 2.45) is 0 Å². The standard InChI is InChI=1S/C21H11F2NO3.C2H6/c1-26-21(25)13-7-6-12-11-3-2-4-16-17(11)19(24-20(12)18(13)23)14-9-10(22)5-8-15(14)27-16;1-2/h2-9H,1H3;1-2H3. The van der Waals surface area contributed by atoms with Crippen molar-refractivity contribution in [3.8, 4) is 22.8 Å². The number of carbonyl (C=O) groups is 1. The van der Waals surface area contributed by atoms with Crippen molar-refractivity contribution >= 4 is 27.6 Å². The van der Waals surface area contributed by atoms with Gasteiger partial charge in [-0.25, -0.2) is 18.6 Å². The lowest BCUT2D eigenvalue weighted by Gasteiger charge is -2.21. The first kappa shape index (κ1) is 18.8. The molecule has 0 atom stereocenters. The highest BCUT2D eigenvalue weighted by molar-refractivity contribution is 6.15. The number of fused-ring (bicyclic) bond motifs is 4. The van der Waals surface area contributed by atoms with Gasteiger partial charge in [0, 0.05) is 10.9 Å². The Balaban J connectivity index is 0.000000994. The summed E-state index contributed by atoms with van der Waals surface area (Å²) in [5, 5.41) is 1.91. The zero-order valence-corrected chi connectivity index (χ0v) is 16.0. The lowest BCUT2D eigenvalue weighted by Crippen LogP contribution is -2.06. The third-order valence-corrected chi connectivity index (χ3v) is 4.71. The average Bonchev–Trinajstić information content (AvgIpc) is 2.76. The van der Waals surface area contributed by atoms with E-state index >= 15 is 4.39 Å². The Morgan fingerprint density at radius 2 is 1.79 bits per heavy atom. The molecule has 1 aliphatic heterocycles. The molecule has 0 aliphatic carbocycles. The average molecular weight is 393 g/mol. The predicted octanol–water partition coefficient (Wildman–Crippen LogP) is 6.25. The number of halogens is 2. The van der Waals surface area contributed by atoms with E-state index in [4.69, 9.17) is 4.74 Å². The maximum Gasteiger partial charge on any atom is 0.340 e. The van der Waals surface area contributed by atoms with E-state index < -0.39 is 17.6 Å². The Kier molecular flexibility index (Phi) is 4.62. The van der Waals surface area contributed by atoms with Crippen LogP contribution in [0.5, 0.6) is 11.5 Å². The van der Waals surface area contributed by atoms with E-state index in [1.807, 2.05) is 19.9 Å². The molecule has 0 bridgehead atoms. The van der Waals surface area contributed by atoms with Crippen LogP contribution in [0.15, 0.2) is 48.5 Å². The molecule has 4 aromatic rings. The summed E-state index contributed by atoms with van der Waals surface area (Å²) in [7, 11) is 1.19. The number of ether oxygens (including phenoxy) is 2. The third-order valence-electron chi connectivity index (χ3n) is 4.71. The van der Waals surface area contributed by atoms with Gasteiger partial charge in [-0.3, -0.25) is 0 Å². The Bertz CT molecular complexity index is 1280. The molecule has 0 amide bonds. The molecule has 0 saturated carbocycles. The normalized spacial score (nSPS) is 11.3. The van der Waals surface area contributed by atoms with Crippen LogP contribution in [0.4, 0.5) is 8.78 Å². The first-order valence-corrected chi connectivity index (χ1v) is 9.19. The number of pyridine rings is 1. The van der Waals surface area contributed by atoms with E-state index in [-0.39, 0.29) is 11.1 Å². The summed E-state index contributed by atoms with van der Waals surface area (Å²) >= 11 is 0. The van der Waals surface area contributed by atoms with Gasteiger partial charge in [0.05, 0.1) is 23.8 Å². The molecule has 1 aliphatic rings. The minimum atomic E-state index is -0.784. The molecule has 146 valence electrons. The largest absolute Gasteiger partial charge is 0.465 e. The quantitative estimate of drug-likeness (QED) is 0.249. The fraction of sp³-hybridized carbons (Fsp3) is 0.130. The SMILES string of the molecule is CC.COC(=O)c1ccc2c(nc3c4c(cccc42)Oc2ccc(F)cc2-3)c1F. The fourth-order valence-electron chi connectivity index (χ4n) is 3.50. The highest BCUT2D eigenvalue weighted by atomic mass is 19.1. The summed E-state index contributed by atoms with van der Waals surface area (Å²) in [5.74, 6) is -1.00. The molecular formula is C23H17F2NO3. The monoisotopic (exact) mass is 393 g/mol. The molecular weight excluding hydrogens is 376 g/mol. The second kappa shape index (κ2) is 7.13. The number of rotatable bonds is 1. The van der Waals surface area contributed by atoms with Gasteiger partial charge >= 0.3 is 5.97 Å². The zero-order chi connectivity index (χ0) is 20.7. The Morgan fingerprint density at radius 3 is 2.55 bits per heavy atom. The summed E-state index contributed by atoms with van der Waals surface area (Å²) in [6.45, 7) is 4.00. The van der Waals surface area contributed by atoms with Gasteiger partial charge < -0.3 is 9.47 Å². The third kappa shape index (κ3) is 2.79. The van der Waals surface area contributed by atoms with Gasteiger partial charge in [0.2, 0.25) is 0 Å². The number of aromatic nitrogens is 1. The number of hydrogen-bond acceptors (Lipinski definition) is 4. The van der Waals surface area contributed by atoms with Crippen molar-refractivity contribution in [2.75, 3.05) is 7.11 Å². The molecule has 3 aromatic carbocycles. The molecule has 0 fully saturated rings. The summed E-state index contributed by atoms with van der Waals surface area (Å²) in [6, 6.07) is 12.5. The molecule has 29 heavy (non-hydrogen) atoms. The van der Waals surface area contributed by atoms with Crippen molar-refractivity contribution in [2.45, 2.75) is 13.8 Å². The number of esters is 1. The molecule has 0 unspecified atom stereocenters. The molecule has 6 heteroatoms. The lowest BCUT2D eigenvalue weighted by atomic mass is 9.96. The van der Waals surface area contributed by atoms with Crippen LogP contribution < -0.4 is 4.74 Å². The van der Waals surface area contributed by atoms with E-state index in [1.165, 1.54) is 31.4 Å². The minimum Gasteiger partial charge on any atom is -0.465 e. The van der Waals surface area contributed by atoms with Crippen LogP contribution >= 0.6 is 0 Å². The Morgan fingerprint density at radius 1 is 1.00 bits per heavy atom. The van der Waals surface area contributed by atoms with Crippen LogP contribution in [-0.2, 0) is 4.74 Å². The maximum absolute atomic E-state index is 15.1. The van der Waals surface area contributed by atoms with Gasteiger partial charge in [0.15, 0.2) is 5.82 Å². The van der Waals surface area contributed by atoms with Crippen molar-refractivity contribution in [1.29, 1.82) is 0 Å². The Hall–Kier alpha value is -3.54. The summed E-state index contributed by atoms with van der Waals surface area (Å²) in [5.41, 5.74) is 0.666. The maximum atomic E-state index is 15.1. The van der Waals surface area contributed by atoms with E-state index in [0.29, 0.717) is 38.9 Å². The van der Waals surface area contributed by atoms with Gasteiger partial charge in [-0.1, -0.05) is 32.0 Å². The molecule has 5 rings (SSSR count). The van der Waals surface area contributed by atoms with Gasteiger partial charge in [-0.05, 0) is 35.7 Å². The van der Waals surface area contributed by atoms with Crippen LogP contribution in [-0.4, -0.2) is 18.1 Å². The van der Waals surface area contributed by atoms with E-state index in [0.717, 1.165) is 0 Å². The molecule has 4 nitrogen and oxygen atoms in total. The van der Waals surface area contributed by atoms with E-state index in [2.05, 4.69) is 9.72 Å². The predicted molar refractivity (Wildman–Crippen MR) is 107 cm³/mol. The van der Waals surface area contributed by atoms with Gasteiger partial charge in [0.25, 0.3) is 0 Å². The fourth-order valence-corrected chi connectivity index (χ4v) is 3.50. The highest BCUT2D eigenvalue weighted by Gasteiger charge is 2.25. The first-order valence-electron chi connectivity index (χ1n) is 9.19. The number of carbonyl (C=O) groups excluding carboxylic acids is 1. The Labute approximate surface area is 165 Å². The molecule has 0 radical (unpaired) electrons. The van der Waals surface area contributed by atoms with E-state index in [9.17, 15) is 9.18 Å².